The average Bonchev–Trinajstić information content (AvgIpc) is 2.19. The predicted molar refractivity (Wildman–Crippen MR) is 50.9 cm³/mol. The lowest BCUT2D eigenvalue weighted by atomic mass is 10.2. The summed E-state index contributed by atoms with van der Waals surface area (Å²) in [5, 5.41) is 10.9. The molecule has 1 atom stereocenters. The third-order valence-electron chi connectivity index (χ3n) is 1.87. The summed E-state index contributed by atoms with van der Waals surface area (Å²) in [7, 11) is 0. The van der Waals surface area contributed by atoms with E-state index in [2.05, 4.69) is 0 Å². The highest BCUT2D eigenvalue weighted by Gasteiger charge is 2.01. The summed E-state index contributed by atoms with van der Waals surface area (Å²) in [5.41, 5.74) is 1.21. The minimum absolute atomic E-state index is 0.520. The van der Waals surface area contributed by atoms with Crippen LogP contribution in [0.3, 0.4) is 0 Å². The zero-order chi connectivity index (χ0) is 9.52. The molecule has 2 heteroatoms. The monoisotopic (exact) mass is 179 g/mol. The normalized spacial score (nSPS) is 12.8. The van der Waals surface area contributed by atoms with Crippen LogP contribution >= 0.6 is 0 Å². The second-order valence-corrected chi connectivity index (χ2v) is 2.94. The Kier molecular flexibility index (Phi) is 4.50. The molecule has 0 aromatic heterocycles. The van der Waals surface area contributed by atoms with Crippen molar-refractivity contribution in [3.8, 4) is 0 Å². The summed E-state index contributed by atoms with van der Waals surface area (Å²) in [6.45, 7) is 2.35. The molecule has 1 unspecified atom stereocenters. The van der Waals surface area contributed by atoms with Crippen LogP contribution in [0.25, 0.3) is 0 Å². The topological polar surface area (TPSA) is 29.1 Å². The molecule has 0 saturated carbocycles. The highest BCUT2D eigenvalue weighted by molar-refractivity contribution is 5.14. The lowest BCUT2D eigenvalue weighted by Crippen LogP contribution is -2.10. The van der Waals surface area contributed by atoms with Crippen LogP contribution in [0.15, 0.2) is 30.3 Å². The van der Waals surface area contributed by atoms with Gasteiger partial charge in [0.05, 0.1) is 6.61 Å². The second-order valence-electron chi connectivity index (χ2n) is 2.94. The second kappa shape index (κ2) is 5.73. The average molecular weight is 179 g/mol. The standard InChI is InChI=1S/C11H15O2/c1-2-11(12)13-9-8-10-6-4-3-5-7-10/h3-7,11H,2,8-9H2,1H3. The Morgan fingerprint density at radius 1 is 1.31 bits per heavy atom. The van der Waals surface area contributed by atoms with Gasteiger partial charge in [-0.3, -0.25) is 0 Å². The van der Waals surface area contributed by atoms with E-state index in [1.807, 2.05) is 37.3 Å². The molecule has 1 aromatic rings. The van der Waals surface area contributed by atoms with Gasteiger partial charge in [0.1, 0.15) is 0 Å². The molecule has 1 radical (unpaired) electrons. The molecule has 71 valence electrons. The van der Waals surface area contributed by atoms with Crippen LogP contribution in [-0.4, -0.2) is 12.9 Å². The van der Waals surface area contributed by atoms with Gasteiger partial charge in [0.15, 0.2) is 6.29 Å². The van der Waals surface area contributed by atoms with E-state index in [9.17, 15) is 5.11 Å². The lowest BCUT2D eigenvalue weighted by Gasteiger charge is -2.06. The first-order chi connectivity index (χ1) is 6.33. The molecule has 0 aliphatic heterocycles. The van der Waals surface area contributed by atoms with E-state index in [1.165, 1.54) is 5.56 Å². The third kappa shape index (κ3) is 4.06. The Bertz CT molecular complexity index is 221. The Morgan fingerprint density at radius 2 is 2.00 bits per heavy atom. The van der Waals surface area contributed by atoms with E-state index in [1.54, 1.807) is 0 Å². The first-order valence-electron chi connectivity index (χ1n) is 4.64. The molecular weight excluding hydrogens is 164 g/mol. The zero-order valence-electron chi connectivity index (χ0n) is 7.90. The first kappa shape index (κ1) is 10.2. The fraction of sp³-hybridized carbons (Fsp3) is 0.455. The number of ether oxygens (including phenoxy) is 1. The highest BCUT2D eigenvalue weighted by Crippen LogP contribution is 2.01. The van der Waals surface area contributed by atoms with Gasteiger partial charge >= 0.3 is 0 Å². The highest BCUT2D eigenvalue weighted by atomic mass is 16.6. The van der Waals surface area contributed by atoms with Gasteiger partial charge in [0, 0.05) is 0 Å². The predicted octanol–water partition coefficient (Wildman–Crippen LogP) is 2.41. The van der Waals surface area contributed by atoms with Gasteiger partial charge in [-0.25, -0.2) is 5.11 Å². The van der Waals surface area contributed by atoms with Gasteiger partial charge in [-0.2, -0.15) is 0 Å². The van der Waals surface area contributed by atoms with Gasteiger partial charge in [-0.05, 0) is 18.4 Å². The maximum absolute atomic E-state index is 10.9. The van der Waals surface area contributed by atoms with Crippen LogP contribution in [0, 0.1) is 0 Å². The van der Waals surface area contributed by atoms with Crippen molar-refractivity contribution in [2.45, 2.75) is 26.1 Å². The molecule has 0 spiro atoms. The van der Waals surface area contributed by atoms with Crippen molar-refractivity contribution in [1.82, 2.24) is 0 Å². The number of rotatable bonds is 5. The van der Waals surface area contributed by atoms with Crippen molar-refractivity contribution in [1.29, 1.82) is 0 Å². The van der Waals surface area contributed by atoms with Crippen molar-refractivity contribution in [3.63, 3.8) is 0 Å². The van der Waals surface area contributed by atoms with Crippen molar-refractivity contribution >= 4 is 0 Å². The molecular formula is C11H15O2. The minimum atomic E-state index is -0.858. The molecule has 0 bridgehead atoms. The smallest absolute Gasteiger partial charge is 0.191 e. The number of benzene rings is 1. The summed E-state index contributed by atoms with van der Waals surface area (Å²) in [5.74, 6) is 0. The molecule has 0 aliphatic carbocycles. The fourth-order valence-corrected chi connectivity index (χ4v) is 1.07. The van der Waals surface area contributed by atoms with Crippen LogP contribution in [0.5, 0.6) is 0 Å². The van der Waals surface area contributed by atoms with E-state index < -0.39 is 6.29 Å². The van der Waals surface area contributed by atoms with Crippen molar-refractivity contribution in [2.75, 3.05) is 6.61 Å². The van der Waals surface area contributed by atoms with E-state index in [0.717, 1.165) is 6.42 Å². The molecule has 0 N–H and O–H groups in total. The number of hydrogen-bond donors (Lipinski definition) is 0. The Labute approximate surface area is 79.2 Å². The maximum atomic E-state index is 10.9. The van der Waals surface area contributed by atoms with Crippen LogP contribution in [0.4, 0.5) is 0 Å². The molecule has 0 heterocycles. The van der Waals surface area contributed by atoms with Crippen molar-refractivity contribution in [2.24, 2.45) is 0 Å². The molecule has 0 fully saturated rings. The Balaban J connectivity index is 2.20. The summed E-state index contributed by atoms with van der Waals surface area (Å²) < 4.78 is 5.04. The molecule has 1 aromatic carbocycles. The fourth-order valence-electron chi connectivity index (χ4n) is 1.07. The number of hydrogen-bond acceptors (Lipinski definition) is 1. The van der Waals surface area contributed by atoms with Crippen LogP contribution < -0.4 is 0 Å². The summed E-state index contributed by atoms with van der Waals surface area (Å²) in [6, 6.07) is 10.0. The molecule has 0 saturated heterocycles. The van der Waals surface area contributed by atoms with Gasteiger partial charge in [0.25, 0.3) is 0 Å². The molecule has 13 heavy (non-hydrogen) atoms. The van der Waals surface area contributed by atoms with Crippen LogP contribution in [0.2, 0.25) is 0 Å². The third-order valence-corrected chi connectivity index (χ3v) is 1.87. The Morgan fingerprint density at radius 3 is 2.62 bits per heavy atom. The van der Waals surface area contributed by atoms with Crippen LogP contribution in [0.1, 0.15) is 18.9 Å². The van der Waals surface area contributed by atoms with Gasteiger partial charge in [0.2, 0.25) is 0 Å². The largest absolute Gasteiger partial charge is 0.349 e. The van der Waals surface area contributed by atoms with Gasteiger partial charge in [-0.1, -0.05) is 37.3 Å². The molecule has 2 nitrogen and oxygen atoms in total. The first-order valence-corrected chi connectivity index (χ1v) is 4.64. The maximum Gasteiger partial charge on any atom is 0.191 e. The summed E-state index contributed by atoms with van der Waals surface area (Å²) >= 11 is 0. The van der Waals surface area contributed by atoms with Crippen molar-refractivity contribution < 1.29 is 9.84 Å². The summed E-state index contributed by atoms with van der Waals surface area (Å²) in [6.07, 6.45) is 0.498. The van der Waals surface area contributed by atoms with E-state index in [-0.39, 0.29) is 0 Å². The van der Waals surface area contributed by atoms with E-state index >= 15 is 0 Å². The molecule has 1 rings (SSSR count). The van der Waals surface area contributed by atoms with Gasteiger partial charge < -0.3 is 4.74 Å². The van der Waals surface area contributed by atoms with Gasteiger partial charge in [-0.15, -0.1) is 0 Å². The van der Waals surface area contributed by atoms with E-state index in [4.69, 9.17) is 4.74 Å². The molecule has 0 aliphatic rings. The SMILES string of the molecule is CCC([O])OCCc1ccccc1. The summed E-state index contributed by atoms with van der Waals surface area (Å²) in [4.78, 5) is 0. The lowest BCUT2D eigenvalue weighted by molar-refractivity contribution is -0.139. The quantitative estimate of drug-likeness (QED) is 0.638. The minimum Gasteiger partial charge on any atom is -0.349 e. The zero-order valence-corrected chi connectivity index (χ0v) is 7.90. The Hall–Kier alpha value is -0.860. The van der Waals surface area contributed by atoms with Crippen molar-refractivity contribution in [3.05, 3.63) is 35.9 Å². The molecule has 0 amide bonds. The van der Waals surface area contributed by atoms with E-state index in [0.29, 0.717) is 13.0 Å². The van der Waals surface area contributed by atoms with Crippen LogP contribution in [-0.2, 0) is 16.3 Å².